The molecule has 2 N–H and O–H groups in total. The second-order valence-electron chi connectivity index (χ2n) is 5.71. The van der Waals surface area contributed by atoms with Crippen LogP contribution in [0.15, 0.2) is 45.4 Å². The molecule has 9 heteroatoms. The summed E-state index contributed by atoms with van der Waals surface area (Å²) in [4.78, 5) is 15.3. The van der Waals surface area contributed by atoms with Gasteiger partial charge in [0.15, 0.2) is 5.82 Å². The van der Waals surface area contributed by atoms with E-state index in [0.717, 1.165) is 26.4 Å². The molecule has 0 saturated heterocycles. The number of nitrogens with zero attached hydrogens (tertiary/aromatic N) is 3. The molecule has 0 radical (unpaired) electrons. The quantitative estimate of drug-likeness (QED) is 0.355. The lowest BCUT2D eigenvalue weighted by Crippen LogP contribution is -1.83. The highest BCUT2D eigenvalue weighted by Gasteiger charge is 2.16. The van der Waals surface area contributed by atoms with Gasteiger partial charge in [-0.05, 0) is 36.4 Å². The molecule has 128 valence electrons. The zero-order valence-electron chi connectivity index (χ0n) is 12.8. The van der Waals surface area contributed by atoms with E-state index in [2.05, 4.69) is 41.0 Å². The van der Waals surface area contributed by atoms with Gasteiger partial charge in [-0.1, -0.05) is 44.3 Å². The summed E-state index contributed by atoms with van der Waals surface area (Å²) in [7, 11) is 0. The number of imidazole rings is 1. The van der Waals surface area contributed by atoms with Gasteiger partial charge in [0.2, 0.25) is 5.82 Å². The van der Waals surface area contributed by atoms with Crippen molar-refractivity contribution in [3.8, 4) is 23.2 Å². The highest BCUT2D eigenvalue weighted by Crippen LogP contribution is 2.31. The first-order valence-electron chi connectivity index (χ1n) is 7.54. The molecule has 0 atom stereocenters. The molecule has 0 aliphatic heterocycles. The summed E-state index contributed by atoms with van der Waals surface area (Å²) in [6.45, 7) is 0. The van der Waals surface area contributed by atoms with Crippen molar-refractivity contribution in [2.75, 3.05) is 0 Å². The molecule has 3 aromatic heterocycles. The Morgan fingerprint density at radius 2 is 1.77 bits per heavy atom. The Bertz CT molecular complexity index is 1250. The van der Waals surface area contributed by atoms with Gasteiger partial charge in [-0.25, -0.2) is 4.98 Å². The first-order chi connectivity index (χ1) is 12.6. The van der Waals surface area contributed by atoms with Crippen molar-refractivity contribution in [3.05, 3.63) is 50.9 Å². The fourth-order valence-corrected chi connectivity index (χ4v) is 3.46. The van der Waals surface area contributed by atoms with E-state index in [0.29, 0.717) is 33.3 Å². The fourth-order valence-electron chi connectivity index (χ4n) is 2.76. The summed E-state index contributed by atoms with van der Waals surface area (Å²) in [5.41, 5.74) is 3.22. The van der Waals surface area contributed by atoms with E-state index < -0.39 is 0 Å². The zero-order valence-corrected chi connectivity index (χ0v) is 15.9. The number of benzene rings is 2. The minimum Gasteiger partial charge on any atom is -0.350 e. The highest BCUT2D eigenvalue weighted by molar-refractivity contribution is 9.10. The molecule has 0 spiro atoms. The van der Waals surface area contributed by atoms with Crippen LogP contribution in [0.5, 0.6) is 0 Å². The molecule has 0 unspecified atom stereocenters. The van der Waals surface area contributed by atoms with E-state index >= 15 is 0 Å². The predicted molar refractivity (Wildman–Crippen MR) is 104 cm³/mol. The Labute approximate surface area is 164 Å². The number of rotatable bonds is 2. The van der Waals surface area contributed by atoms with Crippen LogP contribution in [0.25, 0.3) is 45.2 Å². The van der Waals surface area contributed by atoms with Gasteiger partial charge in [0.05, 0.1) is 21.1 Å². The molecule has 0 aliphatic carbocycles. The van der Waals surface area contributed by atoms with Crippen molar-refractivity contribution >= 4 is 61.1 Å². The van der Waals surface area contributed by atoms with Gasteiger partial charge >= 0.3 is 0 Å². The van der Waals surface area contributed by atoms with Crippen LogP contribution < -0.4 is 0 Å². The van der Waals surface area contributed by atoms with E-state index in [1.807, 2.05) is 24.3 Å². The molecule has 5 aromatic rings. The Kier molecular flexibility index (Phi) is 3.56. The van der Waals surface area contributed by atoms with Crippen LogP contribution in [0.2, 0.25) is 10.0 Å². The van der Waals surface area contributed by atoms with Crippen LogP contribution in [0.1, 0.15) is 0 Å². The number of halogens is 3. The lowest BCUT2D eigenvalue weighted by molar-refractivity contribution is 0.431. The summed E-state index contributed by atoms with van der Waals surface area (Å²) >= 11 is 15.6. The van der Waals surface area contributed by atoms with Crippen LogP contribution in [0.4, 0.5) is 0 Å². The number of aromatic amines is 2. The minimum absolute atomic E-state index is 0.352. The topological polar surface area (TPSA) is 83.4 Å². The third-order valence-electron chi connectivity index (χ3n) is 3.97. The molecule has 0 bridgehead atoms. The van der Waals surface area contributed by atoms with Crippen LogP contribution in [0.3, 0.4) is 0 Å². The lowest BCUT2D eigenvalue weighted by atomic mass is 10.2. The second kappa shape index (κ2) is 5.84. The molecular formula is C17H8BrCl2N5O. The standard InChI is InChI=1S/C17H8BrCl2N5O/c18-8-1-2-11-13(5-8)23-15(22-11)16-24-17(26-25-16)14-4-7-3-9(19)10(20)6-12(7)21-14/h1-6,21H,(H,22,23). The van der Waals surface area contributed by atoms with E-state index in [1.165, 1.54) is 0 Å². The number of H-pyrrole nitrogens is 2. The molecule has 0 amide bonds. The fraction of sp³-hybridized carbons (Fsp3) is 0. The third kappa shape index (κ3) is 2.59. The van der Waals surface area contributed by atoms with E-state index in [9.17, 15) is 0 Å². The zero-order chi connectivity index (χ0) is 17.8. The summed E-state index contributed by atoms with van der Waals surface area (Å²) in [5.74, 6) is 1.27. The molecule has 0 saturated carbocycles. The molecular weight excluding hydrogens is 441 g/mol. The van der Waals surface area contributed by atoms with Gasteiger partial charge in [-0.3, -0.25) is 0 Å². The van der Waals surface area contributed by atoms with E-state index in [1.54, 1.807) is 12.1 Å². The Hall–Kier alpha value is -2.35. The van der Waals surface area contributed by atoms with Crippen molar-refractivity contribution in [1.82, 2.24) is 25.1 Å². The van der Waals surface area contributed by atoms with Crippen molar-refractivity contribution in [2.24, 2.45) is 0 Å². The van der Waals surface area contributed by atoms with Crippen LogP contribution in [-0.2, 0) is 0 Å². The maximum Gasteiger partial charge on any atom is 0.274 e. The molecule has 5 rings (SSSR count). The molecule has 0 fully saturated rings. The number of aromatic nitrogens is 5. The van der Waals surface area contributed by atoms with Gasteiger partial charge in [0.1, 0.15) is 5.69 Å². The van der Waals surface area contributed by atoms with Crippen molar-refractivity contribution in [3.63, 3.8) is 0 Å². The summed E-state index contributed by atoms with van der Waals surface area (Å²) < 4.78 is 6.35. The first-order valence-corrected chi connectivity index (χ1v) is 9.09. The van der Waals surface area contributed by atoms with Gasteiger partial charge in [-0.15, -0.1) is 0 Å². The van der Waals surface area contributed by atoms with Gasteiger partial charge in [-0.2, -0.15) is 4.98 Å². The second-order valence-corrected chi connectivity index (χ2v) is 7.44. The van der Waals surface area contributed by atoms with E-state index in [4.69, 9.17) is 27.7 Å². The summed E-state index contributed by atoms with van der Waals surface area (Å²) in [5, 5.41) is 5.90. The van der Waals surface area contributed by atoms with Crippen LogP contribution >= 0.6 is 39.1 Å². The average Bonchev–Trinajstić information content (AvgIpc) is 3.31. The summed E-state index contributed by atoms with van der Waals surface area (Å²) in [6.07, 6.45) is 0. The average molecular weight is 449 g/mol. The number of hydrogen-bond acceptors (Lipinski definition) is 4. The van der Waals surface area contributed by atoms with Crippen molar-refractivity contribution in [2.45, 2.75) is 0 Å². The molecule has 0 aliphatic rings. The molecule has 3 heterocycles. The monoisotopic (exact) mass is 447 g/mol. The van der Waals surface area contributed by atoms with Gasteiger partial charge in [0.25, 0.3) is 5.89 Å². The first kappa shape index (κ1) is 15.9. The van der Waals surface area contributed by atoms with Crippen molar-refractivity contribution in [1.29, 1.82) is 0 Å². The number of nitrogens with one attached hydrogen (secondary N) is 2. The van der Waals surface area contributed by atoms with Crippen LogP contribution in [0, 0.1) is 0 Å². The molecule has 26 heavy (non-hydrogen) atoms. The number of fused-ring (bicyclic) bond motifs is 2. The minimum atomic E-state index is 0.352. The maximum absolute atomic E-state index is 6.06. The Balaban J connectivity index is 1.56. The smallest absolute Gasteiger partial charge is 0.274 e. The number of hydrogen-bond donors (Lipinski definition) is 2. The third-order valence-corrected chi connectivity index (χ3v) is 5.19. The molecule has 6 nitrogen and oxygen atoms in total. The molecule has 2 aromatic carbocycles. The van der Waals surface area contributed by atoms with Crippen LogP contribution in [-0.4, -0.2) is 25.1 Å². The highest BCUT2D eigenvalue weighted by atomic mass is 79.9. The largest absolute Gasteiger partial charge is 0.350 e. The SMILES string of the molecule is Clc1cc2cc(-c3nc(-c4nc5ccc(Br)cc5[nH]4)no3)[nH]c2cc1Cl. The Morgan fingerprint density at radius 3 is 2.65 bits per heavy atom. The van der Waals surface area contributed by atoms with E-state index in [-0.39, 0.29) is 0 Å². The lowest BCUT2D eigenvalue weighted by Gasteiger charge is -1.94. The normalized spacial score (nSPS) is 11.7. The summed E-state index contributed by atoms with van der Waals surface area (Å²) in [6, 6.07) is 11.2. The van der Waals surface area contributed by atoms with Gasteiger partial charge < -0.3 is 14.5 Å². The van der Waals surface area contributed by atoms with Crippen molar-refractivity contribution < 1.29 is 4.52 Å². The Morgan fingerprint density at radius 1 is 0.923 bits per heavy atom. The predicted octanol–water partition coefficient (Wildman–Crippen LogP) is 5.83. The maximum atomic E-state index is 6.06. The van der Waals surface area contributed by atoms with Gasteiger partial charge in [0, 0.05) is 15.4 Å².